The lowest BCUT2D eigenvalue weighted by molar-refractivity contribution is 0.0569. The molecule has 0 spiro atoms. The van der Waals surface area contributed by atoms with E-state index in [-0.39, 0.29) is 5.25 Å². The highest BCUT2D eigenvalue weighted by Crippen LogP contribution is 2.45. The van der Waals surface area contributed by atoms with Crippen LogP contribution in [0.5, 0.6) is 0 Å². The Bertz CT molecular complexity index is 535. The van der Waals surface area contributed by atoms with Crippen LogP contribution < -0.4 is 0 Å². The number of rotatable bonds is 7. The molecule has 0 aromatic heterocycles. The fourth-order valence-electron chi connectivity index (χ4n) is 4.75. The first-order valence-electron chi connectivity index (χ1n) is 12.4. The van der Waals surface area contributed by atoms with Gasteiger partial charge in [-0.1, -0.05) is 20.8 Å². The third-order valence-electron chi connectivity index (χ3n) is 7.00. The standard InChI is InChI=1S/C22H47N5OS5/c1-4-23-7-9-24(5-2)11-13-26(14-12-25(6-3)10-8-23)15-19(28)16-27-17-21(30,31)20(29)22(32,33)18-27/h19-20,28-33H,4-18H2,1-3H3. The van der Waals surface area contributed by atoms with Gasteiger partial charge in [0.15, 0.2) is 0 Å². The second-order valence-corrected chi connectivity index (χ2v) is 14.0. The SMILES string of the molecule is CCN1CCN(CC)CCN(CC(O)CN2CC(S)(S)C(S)C(S)(S)C2)CCN(CC)CC1. The molecule has 0 aromatic carbocycles. The quantitative estimate of drug-likeness (QED) is 0.210. The number of aliphatic hydroxyl groups is 1. The van der Waals surface area contributed by atoms with Crippen molar-refractivity contribution in [1.82, 2.24) is 24.5 Å². The average molecular weight is 558 g/mol. The second kappa shape index (κ2) is 14.4. The predicted octanol–water partition coefficient (Wildman–Crippen LogP) is 1.35. The second-order valence-electron chi connectivity index (χ2n) is 9.59. The summed E-state index contributed by atoms with van der Waals surface area (Å²) in [7, 11) is 0. The molecular formula is C22H47N5OS5. The van der Waals surface area contributed by atoms with E-state index in [2.05, 4.69) is 57.9 Å². The van der Waals surface area contributed by atoms with Crippen molar-refractivity contribution in [2.75, 3.05) is 98.2 Å². The van der Waals surface area contributed by atoms with Gasteiger partial charge in [-0.3, -0.25) is 9.80 Å². The van der Waals surface area contributed by atoms with Crippen LogP contribution in [0.2, 0.25) is 0 Å². The lowest BCUT2D eigenvalue weighted by Gasteiger charge is -2.49. The molecule has 2 aliphatic rings. The molecule has 11 heteroatoms. The van der Waals surface area contributed by atoms with Gasteiger partial charge >= 0.3 is 0 Å². The van der Waals surface area contributed by atoms with E-state index in [1.807, 2.05) is 0 Å². The number of β-amino-alcohol motifs (C(OH)–C–C–N with tert-alkyl or cyclic N) is 1. The number of hydrogen-bond donors (Lipinski definition) is 6. The van der Waals surface area contributed by atoms with Gasteiger partial charge in [-0.05, 0) is 19.6 Å². The Balaban J connectivity index is 1.98. The summed E-state index contributed by atoms with van der Waals surface area (Å²) in [5, 5.41) is 10.9. The van der Waals surface area contributed by atoms with E-state index in [0.717, 1.165) is 72.0 Å². The van der Waals surface area contributed by atoms with Gasteiger partial charge in [0.25, 0.3) is 0 Å². The molecule has 0 bridgehead atoms. The van der Waals surface area contributed by atoms with Crippen LogP contribution in [0.15, 0.2) is 0 Å². The monoisotopic (exact) mass is 557 g/mol. The zero-order chi connectivity index (χ0) is 24.6. The minimum absolute atomic E-state index is 0.171. The molecule has 0 aromatic rings. The Kier molecular flexibility index (Phi) is 13.5. The predicted molar refractivity (Wildman–Crippen MR) is 159 cm³/mol. The highest BCUT2D eigenvalue weighted by atomic mass is 32.2. The molecular weight excluding hydrogens is 511 g/mol. The van der Waals surface area contributed by atoms with Crippen molar-refractivity contribution in [2.45, 2.75) is 40.3 Å². The Hall–Kier alpha value is 1.51. The fourth-order valence-corrected chi connectivity index (χ4v) is 7.00. The molecule has 0 amide bonds. The number of thiol groups is 5. The Morgan fingerprint density at radius 1 is 0.636 bits per heavy atom. The maximum absolute atomic E-state index is 11.0. The van der Waals surface area contributed by atoms with Crippen LogP contribution in [-0.4, -0.2) is 147 Å². The first-order valence-corrected chi connectivity index (χ1v) is 14.7. The molecule has 2 fully saturated rings. The molecule has 2 rings (SSSR count). The topological polar surface area (TPSA) is 36.4 Å². The third-order valence-corrected chi connectivity index (χ3v) is 10.3. The summed E-state index contributed by atoms with van der Waals surface area (Å²) in [6.07, 6.45) is -0.454. The van der Waals surface area contributed by atoms with Crippen LogP contribution in [0, 0.1) is 0 Å². The van der Waals surface area contributed by atoms with Gasteiger partial charge in [-0.15, -0.1) is 0 Å². The molecule has 33 heavy (non-hydrogen) atoms. The molecule has 2 heterocycles. The summed E-state index contributed by atoms with van der Waals surface area (Å²) in [6.45, 7) is 20.9. The molecule has 6 nitrogen and oxygen atoms in total. The van der Waals surface area contributed by atoms with E-state index in [0.29, 0.717) is 26.2 Å². The fraction of sp³-hybridized carbons (Fsp3) is 1.00. The van der Waals surface area contributed by atoms with Gasteiger partial charge in [-0.2, -0.15) is 63.1 Å². The van der Waals surface area contributed by atoms with Crippen molar-refractivity contribution in [2.24, 2.45) is 0 Å². The number of likely N-dealkylation sites (tertiary alicyclic amines) is 1. The number of nitrogens with zero attached hydrogens (tertiary/aromatic N) is 5. The molecule has 0 saturated carbocycles. The van der Waals surface area contributed by atoms with Gasteiger partial charge in [0, 0.05) is 78.5 Å². The van der Waals surface area contributed by atoms with Crippen molar-refractivity contribution in [3.8, 4) is 0 Å². The highest BCUT2D eigenvalue weighted by molar-refractivity contribution is 8.05. The summed E-state index contributed by atoms with van der Waals surface area (Å²) < 4.78 is -1.23. The van der Waals surface area contributed by atoms with Gasteiger partial charge < -0.3 is 19.8 Å². The maximum atomic E-state index is 11.0. The van der Waals surface area contributed by atoms with Gasteiger partial charge in [-0.25, -0.2) is 0 Å². The van der Waals surface area contributed by atoms with E-state index < -0.39 is 14.3 Å². The van der Waals surface area contributed by atoms with Crippen molar-refractivity contribution in [1.29, 1.82) is 0 Å². The smallest absolute Gasteiger partial charge is 0.0815 e. The van der Waals surface area contributed by atoms with Crippen LogP contribution in [0.4, 0.5) is 0 Å². The largest absolute Gasteiger partial charge is 0.390 e. The van der Waals surface area contributed by atoms with Crippen LogP contribution >= 0.6 is 63.1 Å². The van der Waals surface area contributed by atoms with E-state index in [9.17, 15) is 5.11 Å². The Morgan fingerprint density at radius 2 is 0.939 bits per heavy atom. The number of hydrogen-bond acceptors (Lipinski definition) is 11. The zero-order valence-corrected chi connectivity index (χ0v) is 25.2. The number of piperidine rings is 1. The summed E-state index contributed by atoms with van der Waals surface area (Å²) >= 11 is 23.5. The zero-order valence-electron chi connectivity index (χ0n) is 20.7. The summed E-state index contributed by atoms with van der Waals surface area (Å²) in [6, 6.07) is 0. The van der Waals surface area contributed by atoms with Gasteiger partial charge in [0.1, 0.15) is 0 Å². The summed E-state index contributed by atoms with van der Waals surface area (Å²) in [5.41, 5.74) is 0. The molecule has 2 aliphatic heterocycles. The van der Waals surface area contributed by atoms with Crippen molar-refractivity contribution in [3.05, 3.63) is 0 Å². The van der Waals surface area contributed by atoms with Crippen LogP contribution in [0.25, 0.3) is 0 Å². The van der Waals surface area contributed by atoms with E-state index in [1.54, 1.807) is 0 Å². The van der Waals surface area contributed by atoms with E-state index in [1.165, 1.54) is 0 Å². The Labute approximate surface area is 230 Å². The Morgan fingerprint density at radius 3 is 1.27 bits per heavy atom. The van der Waals surface area contributed by atoms with Gasteiger partial charge in [0.2, 0.25) is 0 Å². The van der Waals surface area contributed by atoms with Crippen molar-refractivity contribution >= 4 is 63.1 Å². The van der Waals surface area contributed by atoms with Crippen LogP contribution in [0.1, 0.15) is 20.8 Å². The minimum Gasteiger partial charge on any atom is -0.390 e. The first kappa shape index (κ1) is 30.7. The summed E-state index contributed by atoms with van der Waals surface area (Å²) in [5.74, 6) is 0. The molecule has 1 unspecified atom stereocenters. The number of aliphatic hydroxyl groups excluding tert-OH is 1. The lowest BCUT2D eigenvalue weighted by atomic mass is 10.1. The highest BCUT2D eigenvalue weighted by Gasteiger charge is 2.48. The van der Waals surface area contributed by atoms with Gasteiger partial charge in [0.05, 0.1) is 19.5 Å². The third kappa shape index (κ3) is 10.1. The first-order chi connectivity index (χ1) is 15.5. The number of likely N-dealkylation sites (N-methyl/N-ethyl adjacent to an activating group) is 3. The lowest BCUT2D eigenvalue weighted by Crippen LogP contribution is -2.60. The van der Waals surface area contributed by atoms with E-state index in [4.69, 9.17) is 50.5 Å². The molecule has 2 saturated heterocycles. The molecule has 0 radical (unpaired) electrons. The summed E-state index contributed by atoms with van der Waals surface area (Å²) in [4.78, 5) is 12.2. The maximum Gasteiger partial charge on any atom is 0.0815 e. The van der Waals surface area contributed by atoms with Crippen LogP contribution in [0.3, 0.4) is 0 Å². The average Bonchev–Trinajstić information content (AvgIpc) is 2.73. The van der Waals surface area contributed by atoms with Crippen molar-refractivity contribution in [3.63, 3.8) is 0 Å². The van der Waals surface area contributed by atoms with Crippen molar-refractivity contribution < 1.29 is 5.11 Å². The van der Waals surface area contributed by atoms with Crippen LogP contribution in [-0.2, 0) is 0 Å². The van der Waals surface area contributed by atoms with E-state index >= 15 is 0 Å². The normalized spacial score (nSPS) is 27.2. The molecule has 196 valence electrons. The molecule has 1 atom stereocenters. The molecule has 1 N–H and O–H groups in total. The minimum atomic E-state index is -0.617. The molecule has 0 aliphatic carbocycles.